The number of likely N-dealkylation sites (tertiary alicyclic amines) is 1. The summed E-state index contributed by atoms with van der Waals surface area (Å²) in [5, 5.41) is 3.07. The number of thiazole rings is 1. The van der Waals surface area contributed by atoms with E-state index in [1.807, 2.05) is 17.2 Å². The Balaban J connectivity index is 1.40. The summed E-state index contributed by atoms with van der Waals surface area (Å²) in [6.45, 7) is 5.79. The molecule has 0 aliphatic carbocycles. The van der Waals surface area contributed by atoms with E-state index in [-0.39, 0.29) is 11.3 Å². The molecule has 4 heterocycles. The topological polar surface area (TPSA) is 64.8 Å². The van der Waals surface area contributed by atoms with Crippen LogP contribution in [0.5, 0.6) is 0 Å². The lowest BCUT2D eigenvalue weighted by atomic mass is 9.82. The van der Waals surface area contributed by atoms with E-state index < -0.39 is 0 Å². The highest BCUT2D eigenvalue weighted by Gasteiger charge is 2.52. The van der Waals surface area contributed by atoms with Crippen molar-refractivity contribution >= 4 is 17.2 Å². The Morgan fingerprint density at radius 3 is 3.25 bits per heavy atom. The molecule has 24 heavy (non-hydrogen) atoms. The molecule has 7 heteroatoms. The maximum absolute atomic E-state index is 12.6. The van der Waals surface area contributed by atoms with Crippen LogP contribution >= 0.6 is 11.3 Å². The van der Waals surface area contributed by atoms with Gasteiger partial charge in [-0.05, 0) is 13.0 Å². The monoisotopic (exact) mass is 348 g/mol. The van der Waals surface area contributed by atoms with Crippen LogP contribution in [-0.2, 0) is 16.1 Å². The summed E-state index contributed by atoms with van der Waals surface area (Å²) in [6.07, 6.45) is 3.03. The zero-order valence-electron chi connectivity index (χ0n) is 13.6. The Morgan fingerprint density at radius 1 is 1.58 bits per heavy atom. The van der Waals surface area contributed by atoms with E-state index in [0.717, 1.165) is 10.7 Å². The van der Waals surface area contributed by atoms with E-state index in [2.05, 4.69) is 4.98 Å². The van der Waals surface area contributed by atoms with Crippen LogP contribution in [0.25, 0.3) is 0 Å². The number of furan rings is 1. The molecule has 2 aliphatic rings. The minimum atomic E-state index is -0.107. The maximum Gasteiger partial charge on any atom is 0.257 e. The van der Waals surface area contributed by atoms with Gasteiger partial charge in [0.15, 0.2) is 0 Å². The van der Waals surface area contributed by atoms with Gasteiger partial charge in [-0.1, -0.05) is 0 Å². The molecule has 0 spiro atoms. The van der Waals surface area contributed by atoms with E-state index >= 15 is 0 Å². The van der Waals surface area contributed by atoms with Gasteiger partial charge in [0.05, 0.1) is 49.0 Å². The molecule has 0 radical (unpaired) electrons. The first-order valence-electron chi connectivity index (χ1n) is 8.04. The number of nitrogens with zero attached hydrogens (tertiary/aromatic N) is 2. The first-order chi connectivity index (χ1) is 11.7. The molecule has 2 aromatic heterocycles. The Bertz CT molecular complexity index is 714. The maximum atomic E-state index is 12.6. The molecule has 4 rings (SSSR count). The van der Waals surface area contributed by atoms with Crippen molar-refractivity contribution in [1.82, 2.24) is 9.88 Å². The molecular weight excluding hydrogens is 328 g/mol. The molecule has 2 atom stereocenters. The fraction of sp³-hybridized carbons (Fsp3) is 0.529. The van der Waals surface area contributed by atoms with Gasteiger partial charge in [0, 0.05) is 29.8 Å². The van der Waals surface area contributed by atoms with Gasteiger partial charge >= 0.3 is 0 Å². The van der Waals surface area contributed by atoms with Gasteiger partial charge in [-0.15, -0.1) is 11.3 Å². The third-order valence-electron chi connectivity index (χ3n) is 4.88. The number of rotatable bonds is 5. The van der Waals surface area contributed by atoms with E-state index in [9.17, 15) is 4.79 Å². The van der Waals surface area contributed by atoms with E-state index in [4.69, 9.17) is 13.9 Å². The van der Waals surface area contributed by atoms with E-state index in [1.165, 1.54) is 12.5 Å². The largest absolute Gasteiger partial charge is 0.472 e. The van der Waals surface area contributed by atoms with Crippen molar-refractivity contribution in [2.75, 3.05) is 32.9 Å². The second-order valence-electron chi connectivity index (χ2n) is 6.62. The molecule has 128 valence electrons. The van der Waals surface area contributed by atoms with Crippen LogP contribution in [-0.4, -0.2) is 48.7 Å². The van der Waals surface area contributed by atoms with Gasteiger partial charge in [-0.3, -0.25) is 4.79 Å². The summed E-state index contributed by atoms with van der Waals surface area (Å²) >= 11 is 1.63. The van der Waals surface area contributed by atoms with Gasteiger partial charge in [-0.25, -0.2) is 4.98 Å². The zero-order chi connectivity index (χ0) is 16.6. The molecule has 0 bridgehead atoms. The van der Waals surface area contributed by atoms with Gasteiger partial charge in [0.2, 0.25) is 0 Å². The fourth-order valence-electron chi connectivity index (χ4n) is 3.59. The van der Waals surface area contributed by atoms with Crippen LogP contribution in [0.3, 0.4) is 0 Å². The van der Waals surface area contributed by atoms with Crippen LogP contribution in [0, 0.1) is 18.3 Å². The highest BCUT2D eigenvalue weighted by atomic mass is 32.1. The first kappa shape index (κ1) is 15.8. The molecule has 0 N–H and O–H groups in total. The second-order valence-corrected chi connectivity index (χ2v) is 7.69. The lowest BCUT2D eigenvalue weighted by Crippen LogP contribution is -2.37. The standard InChI is InChI=1S/C17H20N2O4S/c1-12-18-15(8-24-12)7-23-11-17-9-19(4-14(17)6-22-10-17)16(20)13-2-3-21-5-13/h2-3,5,8,14H,4,6-7,9-11H2,1H3/t14-,17+/m1/s1. The lowest BCUT2D eigenvalue weighted by Gasteiger charge is -2.26. The summed E-state index contributed by atoms with van der Waals surface area (Å²) in [5.74, 6) is 0.346. The van der Waals surface area contributed by atoms with E-state index in [1.54, 1.807) is 17.4 Å². The van der Waals surface area contributed by atoms with Crippen LogP contribution in [0.1, 0.15) is 21.1 Å². The summed E-state index contributed by atoms with van der Waals surface area (Å²) < 4.78 is 16.7. The van der Waals surface area contributed by atoms with E-state index in [0.29, 0.717) is 51.0 Å². The molecule has 2 aromatic rings. The quantitative estimate of drug-likeness (QED) is 0.830. The SMILES string of the molecule is Cc1nc(COC[C@]23COC[C@H]2CN(C(=O)c2ccoc2)C3)cs1. The third-order valence-corrected chi connectivity index (χ3v) is 5.70. The van der Waals surface area contributed by atoms with Crippen molar-refractivity contribution < 1.29 is 18.7 Å². The number of hydrogen-bond acceptors (Lipinski definition) is 6. The molecule has 2 fully saturated rings. The van der Waals surface area contributed by atoms with Crippen molar-refractivity contribution in [2.45, 2.75) is 13.5 Å². The normalized spacial score (nSPS) is 26.0. The molecule has 1 amide bonds. The Kier molecular flexibility index (Phi) is 4.15. The van der Waals surface area contributed by atoms with Gasteiger partial charge in [0.1, 0.15) is 6.26 Å². The van der Waals surface area contributed by atoms with Crippen molar-refractivity contribution in [3.63, 3.8) is 0 Å². The summed E-state index contributed by atoms with van der Waals surface area (Å²) in [6, 6.07) is 1.71. The van der Waals surface area contributed by atoms with Crippen LogP contribution in [0.2, 0.25) is 0 Å². The molecule has 2 saturated heterocycles. The summed E-state index contributed by atoms with van der Waals surface area (Å²) in [5.41, 5.74) is 1.46. The van der Waals surface area contributed by atoms with Crippen LogP contribution in [0.4, 0.5) is 0 Å². The predicted molar refractivity (Wildman–Crippen MR) is 87.9 cm³/mol. The number of fused-ring (bicyclic) bond motifs is 1. The minimum Gasteiger partial charge on any atom is -0.472 e. The van der Waals surface area contributed by atoms with Crippen molar-refractivity contribution in [1.29, 1.82) is 0 Å². The Morgan fingerprint density at radius 2 is 2.50 bits per heavy atom. The van der Waals surface area contributed by atoms with Crippen molar-refractivity contribution in [2.24, 2.45) is 11.3 Å². The number of aromatic nitrogens is 1. The number of carbonyl (C=O) groups is 1. The highest BCUT2D eigenvalue weighted by molar-refractivity contribution is 7.09. The minimum absolute atomic E-state index is 0.0210. The average Bonchev–Trinajstić information content (AvgIpc) is 3.29. The van der Waals surface area contributed by atoms with Gasteiger partial charge in [0.25, 0.3) is 5.91 Å². The number of hydrogen-bond donors (Lipinski definition) is 0. The summed E-state index contributed by atoms with van der Waals surface area (Å²) in [4.78, 5) is 18.9. The zero-order valence-corrected chi connectivity index (χ0v) is 14.4. The lowest BCUT2D eigenvalue weighted by molar-refractivity contribution is 0.0176. The van der Waals surface area contributed by atoms with Crippen molar-refractivity contribution in [3.05, 3.63) is 40.2 Å². The summed E-state index contributed by atoms with van der Waals surface area (Å²) in [7, 11) is 0. The molecule has 6 nitrogen and oxygen atoms in total. The number of aryl methyl sites for hydroxylation is 1. The number of ether oxygens (including phenoxy) is 2. The van der Waals surface area contributed by atoms with Gasteiger partial charge < -0.3 is 18.8 Å². The third kappa shape index (κ3) is 2.87. The Labute approximate surface area is 144 Å². The number of carbonyl (C=O) groups excluding carboxylic acids is 1. The molecule has 0 saturated carbocycles. The second kappa shape index (κ2) is 6.31. The smallest absolute Gasteiger partial charge is 0.257 e. The van der Waals surface area contributed by atoms with Gasteiger partial charge in [-0.2, -0.15) is 0 Å². The molecule has 2 aliphatic heterocycles. The first-order valence-corrected chi connectivity index (χ1v) is 8.92. The molecule has 0 aromatic carbocycles. The van der Waals surface area contributed by atoms with Crippen molar-refractivity contribution in [3.8, 4) is 0 Å². The average molecular weight is 348 g/mol. The predicted octanol–water partition coefficient (Wildman–Crippen LogP) is 2.35. The molecule has 0 unspecified atom stereocenters. The highest BCUT2D eigenvalue weighted by Crippen LogP contribution is 2.42. The number of amides is 1. The molecular formula is C17H20N2O4S. The van der Waals surface area contributed by atoms with Crippen LogP contribution in [0.15, 0.2) is 28.4 Å². The fourth-order valence-corrected chi connectivity index (χ4v) is 4.19. The van der Waals surface area contributed by atoms with Crippen LogP contribution < -0.4 is 0 Å². The Hall–Kier alpha value is -1.70.